The summed E-state index contributed by atoms with van der Waals surface area (Å²) in [6.45, 7) is 3.27. The van der Waals surface area contributed by atoms with Crippen LogP contribution in [0, 0.1) is 11.3 Å². The van der Waals surface area contributed by atoms with E-state index in [0.29, 0.717) is 18.7 Å². The lowest BCUT2D eigenvalue weighted by molar-refractivity contribution is -0.136. The van der Waals surface area contributed by atoms with E-state index in [4.69, 9.17) is 15.6 Å². The molecule has 152 valence electrons. The van der Waals surface area contributed by atoms with E-state index in [2.05, 4.69) is 10.1 Å². The molecule has 0 radical (unpaired) electrons. The van der Waals surface area contributed by atoms with E-state index in [1.165, 1.54) is 0 Å². The van der Waals surface area contributed by atoms with E-state index in [9.17, 15) is 18.4 Å². The monoisotopic (exact) mass is 397 g/mol. The Morgan fingerprint density at radius 1 is 1.46 bits per heavy atom. The second-order valence-corrected chi connectivity index (χ2v) is 7.13. The van der Waals surface area contributed by atoms with Crippen LogP contribution in [0.5, 0.6) is 0 Å². The Kier molecular flexibility index (Phi) is 5.50. The van der Waals surface area contributed by atoms with Crippen LogP contribution in [0.1, 0.15) is 55.8 Å². The molecule has 28 heavy (non-hydrogen) atoms. The Bertz CT molecular complexity index is 893. The summed E-state index contributed by atoms with van der Waals surface area (Å²) in [5, 5.41) is 22.0. The first kappa shape index (κ1) is 20.4. The Hall–Kier alpha value is -2.38. The van der Waals surface area contributed by atoms with E-state index in [0.717, 1.165) is 43.0 Å². The van der Waals surface area contributed by atoms with Gasteiger partial charge in [0.1, 0.15) is 11.6 Å². The van der Waals surface area contributed by atoms with E-state index in [-0.39, 0.29) is 23.1 Å². The number of aromatic nitrogens is 3. The first-order valence-corrected chi connectivity index (χ1v) is 9.14. The number of nitriles is 1. The fourth-order valence-corrected chi connectivity index (χ4v) is 3.58. The van der Waals surface area contributed by atoms with Gasteiger partial charge in [0.25, 0.3) is 0 Å². The Morgan fingerprint density at radius 2 is 2.18 bits per heavy atom. The molecule has 2 aliphatic rings. The maximum absolute atomic E-state index is 13.3. The van der Waals surface area contributed by atoms with Crippen molar-refractivity contribution in [3.05, 3.63) is 23.0 Å². The van der Waals surface area contributed by atoms with Gasteiger partial charge in [-0.3, -0.25) is 0 Å². The zero-order valence-electron chi connectivity index (χ0n) is 15.5. The summed E-state index contributed by atoms with van der Waals surface area (Å²) < 4.78 is 46.1. The number of rotatable bonds is 2. The standard InChI is InChI=1S/C13H12F3N5.C5H10O2/c1-2-12(3-4-12)10-7(5-17)9(13(14,15)16)8-6-19-11(18)20-21(8)10;6-5-2-1-3-7-4-5/h6H,2-4H2,1H3,(H2,18,20);5-6H,1-4H2. The first-order chi connectivity index (χ1) is 13.2. The number of hydrogen-bond donors (Lipinski definition) is 2. The van der Waals surface area contributed by atoms with Crippen molar-refractivity contribution in [2.24, 2.45) is 0 Å². The Labute approximate surface area is 159 Å². The lowest BCUT2D eigenvalue weighted by Gasteiger charge is -2.15. The minimum Gasteiger partial charge on any atom is -0.391 e. The molecule has 1 unspecified atom stereocenters. The van der Waals surface area contributed by atoms with Crippen molar-refractivity contribution in [1.29, 1.82) is 5.26 Å². The van der Waals surface area contributed by atoms with Crippen LogP contribution in [-0.4, -0.2) is 39.0 Å². The highest BCUT2D eigenvalue weighted by molar-refractivity contribution is 5.67. The summed E-state index contributed by atoms with van der Waals surface area (Å²) in [7, 11) is 0. The average Bonchev–Trinajstić information content (AvgIpc) is 3.36. The van der Waals surface area contributed by atoms with E-state index < -0.39 is 17.2 Å². The van der Waals surface area contributed by atoms with Crippen molar-refractivity contribution in [2.75, 3.05) is 18.9 Å². The van der Waals surface area contributed by atoms with E-state index >= 15 is 0 Å². The van der Waals surface area contributed by atoms with E-state index in [1.807, 2.05) is 6.92 Å². The van der Waals surface area contributed by atoms with Crippen molar-refractivity contribution in [3.63, 3.8) is 0 Å². The van der Waals surface area contributed by atoms with Crippen LogP contribution < -0.4 is 5.73 Å². The fraction of sp³-hybridized carbons (Fsp3) is 0.611. The smallest absolute Gasteiger partial charge is 0.391 e. The predicted molar refractivity (Wildman–Crippen MR) is 94.4 cm³/mol. The lowest BCUT2D eigenvalue weighted by Crippen LogP contribution is -2.21. The second-order valence-electron chi connectivity index (χ2n) is 7.13. The first-order valence-electron chi connectivity index (χ1n) is 9.14. The van der Waals surface area contributed by atoms with Crippen molar-refractivity contribution in [3.8, 4) is 6.07 Å². The number of alkyl halides is 3. The zero-order valence-corrected chi connectivity index (χ0v) is 15.5. The molecular weight excluding hydrogens is 375 g/mol. The van der Waals surface area contributed by atoms with Crippen molar-refractivity contribution in [1.82, 2.24) is 14.6 Å². The van der Waals surface area contributed by atoms with Crippen LogP contribution in [0.3, 0.4) is 0 Å². The van der Waals surface area contributed by atoms with Crippen LogP contribution in [0.4, 0.5) is 19.1 Å². The topological polar surface area (TPSA) is 109 Å². The number of anilines is 1. The Morgan fingerprint density at radius 3 is 2.61 bits per heavy atom. The highest BCUT2D eigenvalue weighted by atomic mass is 19.4. The van der Waals surface area contributed by atoms with Crippen molar-refractivity contribution in [2.45, 2.75) is 56.7 Å². The molecule has 7 nitrogen and oxygen atoms in total. The molecule has 4 rings (SSSR count). The minimum atomic E-state index is -4.64. The van der Waals surface area contributed by atoms with Crippen LogP contribution in [0.2, 0.25) is 0 Å². The normalized spacial score (nSPS) is 20.9. The van der Waals surface area contributed by atoms with Crippen LogP contribution in [0.15, 0.2) is 6.20 Å². The summed E-state index contributed by atoms with van der Waals surface area (Å²) in [5.74, 6) is -0.121. The number of nitrogens with two attached hydrogens (primary N) is 1. The molecule has 1 saturated heterocycles. The quantitative estimate of drug-likeness (QED) is 0.806. The second kappa shape index (κ2) is 7.56. The predicted octanol–water partition coefficient (Wildman–Crippen LogP) is 2.80. The third-order valence-corrected chi connectivity index (χ3v) is 5.27. The van der Waals surface area contributed by atoms with Gasteiger partial charge in [-0.15, -0.1) is 5.10 Å². The average molecular weight is 397 g/mol. The number of aliphatic hydroxyl groups is 1. The number of halogens is 3. The number of nitrogens with zero attached hydrogens (tertiary/aromatic N) is 4. The van der Waals surface area contributed by atoms with Gasteiger partial charge < -0.3 is 15.6 Å². The van der Waals surface area contributed by atoms with Gasteiger partial charge in [-0.1, -0.05) is 6.92 Å². The maximum atomic E-state index is 13.3. The van der Waals surface area contributed by atoms with Crippen molar-refractivity contribution < 1.29 is 23.0 Å². The molecular formula is C18H22F3N5O2. The molecule has 1 aliphatic carbocycles. The van der Waals surface area contributed by atoms with Gasteiger partial charge in [0.05, 0.1) is 35.7 Å². The van der Waals surface area contributed by atoms with Gasteiger partial charge in [0.15, 0.2) is 0 Å². The molecule has 1 atom stereocenters. The fourth-order valence-electron chi connectivity index (χ4n) is 3.58. The molecule has 1 aliphatic heterocycles. The molecule has 2 fully saturated rings. The maximum Gasteiger partial charge on any atom is 0.419 e. The molecule has 0 aromatic carbocycles. The van der Waals surface area contributed by atoms with Crippen LogP contribution >= 0.6 is 0 Å². The Balaban J connectivity index is 0.000000271. The van der Waals surface area contributed by atoms with Crippen molar-refractivity contribution >= 4 is 11.5 Å². The summed E-state index contributed by atoms with van der Waals surface area (Å²) in [6.07, 6.45) is 0.264. The zero-order chi connectivity index (χ0) is 20.5. The number of nitrogen functional groups attached to an aromatic ring is 1. The summed E-state index contributed by atoms with van der Waals surface area (Å²) in [5.41, 5.74) is 3.84. The molecule has 10 heteroatoms. The molecule has 1 saturated carbocycles. The summed E-state index contributed by atoms with van der Waals surface area (Å²) in [6, 6.07) is 1.71. The van der Waals surface area contributed by atoms with Gasteiger partial charge >= 0.3 is 6.18 Å². The van der Waals surface area contributed by atoms with E-state index in [1.54, 1.807) is 6.07 Å². The van der Waals surface area contributed by atoms with Gasteiger partial charge in [-0.25, -0.2) is 9.50 Å². The third-order valence-electron chi connectivity index (χ3n) is 5.27. The number of ether oxygens (including phenoxy) is 1. The van der Waals surface area contributed by atoms with Gasteiger partial charge in [-0.05, 0) is 32.1 Å². The highest BCUT2D eigenvalue weighted by Crippen LogP contribution is 2.54. The lowest BCUT2D eigenvalue weighted by atomic mass is 9.94. The largest absolute Gasteiger partial charge is 0.419 e. The number of hydrogen-bond acceptors (Lipinski definition) is 6. The molecule has 3 heterocycles. The van der Waals surface area contributed by atoms with Gasteiger partial charge in [0, 0.05) is 12.0 Å². The van der Waals surface area contributed by atoms with Gasteiger partial charge in [-0.2, -0.15) is 18.4 Å². The summed E-state index contributed by atoms with van der Waals surface area (Å²) >= 11 is 0. The number of aliphatic hydroxyl groups excluding tert-OH is 1. The SMILES string of the molecule is CCC1(c2c(C#N)c(C(F)(F)F)c3cnc(N)nn23)CC1.OC1CCCOC1. The van der Waals surface area contributed by atoms with Gasteiger partial charge in [0.2, 0.25) is 5.95 Å². The molecule has 2 aromatic heterocycles. The third kappa shape index (κ3) is 3.77. The molecule has 2 aromatic rings. The van der Waals surface area contributed by atoms with Crippen LogP contribution in [-0.2, 0) is 16.3 Å². The molecule has 0 spiro atoms. The number of fused-ring (bicyclic) bond motifs is 1. The molecule has 0 amide bonds. The summed E-state index contributed by atoms with van der Waals surface area (Å²) in [4.78, 5) is 3.63. The molecule has 0 bridgehead atoms. The highest BCUT2D eigenvalue weighted by Gasteiger charge is 2.50. The molecule has 3 N–H and O–H groups in total. The minimum absolute atomic E-state index is 0.121. The van der Waals surface area contributed by atoms with Crippen LogP contribution in [0.25, 0.3) is 5.52 Å².